The van der Waals surface area contributed by atoms with Crippen LogP contribution < -0.4 is 5.32 Å². The average Bonchev–Trinajstić information content (AvgIpc) is 3.11. The summed E-state index contributed by atoms with van der Waals surface area (Å²) in [5, 5.41) is 7.21. The first-order chi connectivity index (χ1) is 9.79. The normalized spacial score (nSPS) is 10.1. The second-order valence-electron chi connectivity index (χ2n) is 4.62. The zero-order valence-corrected chi connectivity index (χ0v) is 14.5. The molecule has 0 radical (unpaired) electrons. The fourth-order valence-corrected chi connectivity index (χ4v) is 3.43. The molecule has 0 saturated heterocycles. The molecular formula is C15H21ClN2OS2. The van der Waals surface area contributed by atoms with Crippen molar-refractivity contribution in [3.8, 4) is 0 Å². The molecule has 1 N–H and O–H groups in total. The molecule has 0 aliphatic carbocycles. The molecule has 6 heteroatoms. The molecule has 0 saturated carbocycles. The average molecular weight is 345 g/mol. The molecule has 0 fully saturated rings. The zero-order valence-electron chi connectivity index (χ0n) is 12.1. The van der Waals surface area contributed by atoms with Crippen LogP contribution in [0.4, 0.5) is 0 Å². The molecule has 0 atom stereocenters. The highest BCUT2D eigenvalue weighted by Crippen LogP contribution is 2.18. The number of carbonyl (C=O) groups is 1. The lowest BCUT2D eigenvalue weighted by molar-refractivity contribution is -0.132. The first kappa shape index (κ1) is 18.2. The van der Waals surface area contributed by atoms with Gasteiger partial charge in [-0.25, -0.2) is 0 Å². The van der Waals surface area contributed by atoms with Crippen LogP contribution in [0.1, 0.15) is 22.6 Å². The largest absolute Gasteiger partial charge is 0.332 e. The van der Waals surface area contributed by atoms with Gasteiger partial charge < -0.3 is 10.2 Å². The molecular weight excluding hydrogens is 324 g/mol. The Morgan fingerprint density at radius 3 is 2.14 bits per heavy atom. The Morgan fingerprint density at radius 2 is 1.71 bits per heavy atom. The Labute approximate surface area is 140 Å². The van der Waals surface area contributed by atoms with Crippen LogP contribution in [-0.2, 0) is 17.9 Å². The standard InChI is InChI=1S/C15H20N2OS2.ClH/c1-16-8-2-7-15(18)17(11-13-5-3-9-19-13)12-14-6-4-10-20-14;/h3-6,9-10,16H,2,7-8,11-12H2,1H3;1H. The van der Waals surface area contributed by atoms with Gasteiger partial charge in [0.2, 0.25) is 5.91 Å². The van der Waals surface area contributed by atoms with E-state index in [2.05, 4.69) is 28.2 Å². The molecule has 2 heterocycles. The van der Waals surface area contributed by atoms with Crippen molar-refractivity contribution in [2.45, 2.75) is 25.9 Å². The fourth-order valence-electron chi connectivity index (χ4n) is 1.99. The third-order valence-electron chi connectivity index (χ3n) is 3.02. The predicted molar refractivity (Wildman–Crippen MR) is 93.3 cm³/mol. The maximum absolute atomic E-state index is 12.4. The van der Waals surface area contributed by atoms with Crippen molar-refractivity contribution < 1.29 is 4.79 Å². The summed E-state index contributed by atoms with van der Waals surface area (Å²) in [4.78, 5) is 16.8. The number of nitrogens with zero attached hydrogens (tertiary/aromatic N) is 1. The van der Waals surface area contributed by atoms with Crippen molar-refractivity contribution >= 4 is 41.0 Å². The second-order valence-corrected chi connectivity index (χ2v) is 6.68. The molecule has 0 aliphatic heterocycles. The molecule has 2 rings (SSSR count). The van der Waals surface area contributed by atoms with E-state index in [1.807, 2.05) is 24.1 Å². The minimum atomic E-state index is 0. The minimum Gasteiger partial charge on any atom is -0.332 e. The summed E-state index contributed by atoms with van der Waals surface area (Å²) in [6.07, 6.45) is 1.50. The molecule has 2 aromatic heterocycles. The lowest BCUT2D eigenvalue weighted by atomic mass is 10.2. The lowest BCUT2D eigenvalue weighted by Gasteiger charge is -2.21. The fraction of sp³-hybridized carbons (Fsp3) is 0.400. The van der Waals surface area contributed by atoms with Gasteiger partial charge in [-0.15, -0.1) is 35.1 Å². The molecule has 21 heavy (non-hydrogen) atoms. The summed E-state index contributed by atoms with van der Waals surface area (Å²) in [7, 11) is 1.92. The van der Waals surface area contributed by atoms with Crippen LogP contribution in [0.25, 0.3) is 0 Å². The van der Waals surface area contributed by atoms with Crippen molar-refractivity contribution in [2.75, 3.05) is 13.6 Å². The molecule has 0 unspecified atom stereocenters. The Balaban J connectivity index is 0.00000220. The molecule has 0 aromatic carbocycles. The summed E-state index contributed by atoms with van der Waals surface area (Å²) >= 11 is 3.41. The third-order valence-corrected chi connectivity index (χ3v) is 4.75. The van der Waals surface area contributed by atoms with Crippen LogP contribution in [-0.4, -0.2) is 24.4 Å². The maximum Gasteiger partial charge on any atom is 0.223 e. The Bertz CT molecular complexity index is 463. The van der Waals surface area contributed by atoms with E-state index in [0.29, 0.717) is 19.5 Å². The zero-order chi connectivity index (χ0) is 14.2. The van der Waals surface area contributed by atoms with Gasteiger partial charge in [0.05, 0.1) is 13.1 Å². The monoisotopic (exact) mass is 344 g/mol. The van der Waals surface area contributed by atoms with Crippen molar-refractivity contribution in [3.05, 3.63) is 44.8 Å². The number of thiophene rings is 2. The first-order valence-corrected chi connectivity index (χ1v) is 8.52. The summed E-state index contributed by atoms with van der Waals surface area (Å²) in [6.45, 7) is 2.32. The van der Waals surface area contributed by atoms with Gasteiger partial charge in [0.1, 0.15) is 0 Å². The predicted octanol–water partition coefficient (Wildman–Crippen LogP) is 3.76. The number of hydrogen-bond donors (Lipinski definition) is 1. The van der Waals surface area contributed by atoms with Gasteiger partial charge in [0.15, 0.2) is 0 Å². The van der Waals surface area contributed by atoms with E-state index in [0.717, 1.165) is 13.0 Å². The van der Waals surface area contributed by atoms with Crippen molar-refractivity contribution in [2.24, 2.45) is 0 Å². The maximum atomic E-state index is 12.4. The molecule has 0 spiro atoms. The van der Waals surface area contributed by atoms with Crippen molar-refractivity contribution in [1.82, 2.24) is 10.2 Å². The van der Waals surface area contributed by atoms with E-state index in [-0.39, 0.29) is 18.3 Å². The van der Waals surface area contributed by atoms with E-state index >= 15 is 0 Å². The van der Waals surface area contributed by atoms with Crippen LogP contribution in [0.3, 0.4) is 0 Å². The van der Waals surface area contributed by atoms with Crippen molar-refractivity contribution in [1.29, 1.82) is 0 Å². The Kier molecular flexibility index (Phi) is 8.61. The number of amides is 1. The highest BCUT2D eigenvalue weighted by molar-refractivity contribution is 7.10. The van der Waals surface area contributed by atoms with Gasteiger partial charge in [-0.1, -0.05) is 12.1 Å². The highest BCUT2D eigenvalue weighted by atomic mass is 35.5. The quantitative estimate of drug-likeness (QED) is 0.739. The van der Waals surface area contributed by atoms with E-state index in [1.165, 1.54) is 9.75 Å². The van der Waals surface area contributed by atoms with E-state index in [9.17, 15) is 4.79 Å². The Morgan fingerprint density at radius 1 is 1.14 bits per heavy atom. The first-order valence-electron chi connectivity index (χ1n) is 6.76. The lowest BCUT2D eigenvalue weighted by Crippen LogP contribution is -2.29. The van der Waals surface area contributed by atoms with Gasteiger partial charge in [-0.3, -0.25) is 4.79 Å². The molecule has 3 nitrogen and oxygen atoms in total. The number of nitrogens with one attached hydrogen (secondary N) is 1. The van der Waals surface area contributed by atoms with E-state index in [1.54, 1.807) is 22.7 Å². The topological polar surface area (TPSA) is 32.3 Å². The Hall–Kier alpha value is -0.880. The number of hydrogen-bond acceptors (Lipinski definition) is 4. The number of halogens is 1. The van der Waals surface area contributed by atoms with Crippen LogP contribution in [0.5, 0.6) is 0 Å². The third kappa shape index (κ3) is 6.18. The van der Waals surface area contributed by atoms with Crippen LogP contribution in [0.2, 0.25) is 0 Å². The minimum absolute atomic E-state index is 0. The SMILES string of the molecule is CNCCCC(=O)N(Cc1cccs1)Cc1cccs1.Cl. The number of rotatable bonds is 8. The van der Waals surface area contributed by atoms with E-state index < -0.39 is 0 Å². The molecule has 116 valence electrons. The number of carbonyl (C=O) groups excluding carboxylic acids is 1. The molecule has 0 bridgehead atoms. The van der Waals surface area contributed by atoms with Crippen molar-refractivity contribution in [3.63, 3.8) is 0 Å². The second kappa shape index (κ2) is 9.95. The van der Waals surface area contributed by atoms with E-state index in [4.69, 9.17) is 0 Å². The summed E-state index contributed by atoms with van der Waals surface area (Å²) in [5.41, 5.74) is 0. The van der Waals surface area contributed by atoms with Gasteiger partial charge in [-0.05, 0) is 42.9 Å². The van der Waals surface area contributed by atoms with Crippen LogP contribution in [0.15, 0.2) is 35.0 Å². The highest BCUT2D eigenvalue weighted by Gasteiger charge is 2.15. The summed E-state index contributed by atoms with van der Waals surface area (Å²) in [6, 6.07) is 8.25. The van der Waals surface area contributed by atoms with Gasteiger partial charge in [-0.2, -0.15) is 0 Å². The smallest absolute Gasteiger partial charge is 0.223 e. The molecule has 1 amide bonds. The van der Waals surface area contributed by atoms with Crippen LogP contribution >= 0.6 is 35.1 Å². The van der Waals surface area contributed by atoms with Gasteiger partial charge in [0, 0.05) is 16.2 Å². The van der Waals surface area contributed by atoms with Gasteiger partial charge in [0.25, 0.3) is 0 Å². The van der Waals surface area contributed by atoms with Crippen LogP contribution in [0, 0.1) is 0 Å². The molecule has 0 aliphatic rings. The molecule has 2 aromatic rings. The summed E-state index contributed by atoms with van der Waals surface area (Å²) in [5.74, 6) is 0.238. The summed E-state index contributed by atoms with van der Waals surface area (Å²) < 4.78 is 0. The van der Waals surface area contributed by atoms with Gasteiger partial charge >= 0.3 is 0 Å².